The highest BCUT2D eigenvalue weighted by molar-refractivity contribution is 6.62. The Kier molecular flexibility index (Phi) is 10.6. The predicted octanol–water partition coefficient (Wildman–Crippen LogP) is 4.00. The number of esters is 1. The summed E-state index contributed by atoms with van der Waals surface area (Å²) in [6, 6.07) is 10.9. The molecule has 0 atom stereocenters. The Morgan fingerprint density at radius 3 is 1.79 bits per heavy atom. The summed E-state index contributed by atoms with van der Waals surface area (Å²) >= 11 is 0. The average Bonchev–Trinajstić information content (AvgIpc) is 2.63. The van der Waals surface area contributed by atoms with E-state index in [0.29, 0.717) is 24.2 Å². The molecule has 0 saturated heterocycles. The number of hydrogen-bond donors (Lipinski definition) is 0. The molecule has 5 heteroatoms. The maximum atomic E-state index is 11.9. The standard InChI is InChI=1S/C24H35BN2O2/c1-19(2)26(20(3)4)25(27(21(5)6)22(7)8)17-13-12-16-24(28)29-18-23-14-10-9-11-15-23/h9-11,14-15,19-22H,18H2,1-8H3. The number of rotatable bonds is 8. The van der Waals surface area contributed by atoms with Gasteiger partial charge in [0.25, 0.3) is 0 Å². The molecule has 156 valence electrons. The highest BCUT2D eigenvalue weighted by atomic mass is 16.5. The fraction of sp³-hybridized carbons (Fsp3) is 0.542. The van der Waals surface area contributed by atoms with Crippen LogP contribution in [-0.2, 0) is 16.1 Å². The molecule has 0 saturated carbocycles. The topological polar surface area (TPSA) is 32.8 Å². The Morgan fingerprint density at radius 1 is 0.862 bits per heavy atom. The van der Waals surface area contributed by atoms with E-state index in [-0.39, 0.29) is 13.6 Å². The van der Waals surface area contributed by atoms with Gasteiger partial charge in [0, 0.05) is 5.92 Å². The lowest BCUT2D eigenvalue weighted by Gasteiger charge is -2.42. The molecule has 0 aliphatic heterocycles. The Morgan fingerprint density at radius 2 is 1.34 bits per heavy atom. The third-order valence-corrected chi connectivity index (χ3v) is 4.59. The maximum Gasteiger partial charge on any atom is 0.401 e. The second-order valence-electron chi connectivity index (χ2n) is 8.22. The van der Waals surface area contributed by atoms with Crippen molar-refractivity contribution >= 4 is 13.0 Å². The van der Waals surface area contributed by atoms with Crippen molar-refractivity contribution in [1.82, 2.24) is 9.62 Å². The molecular weight excluding hydrogens is 359 g/mol. The molecule has 0 fully saturated rings. The second-order valence-corrected chi connectivity index (χ2v) is 8.22. The zero-order valence-electron chi connectivity index (χ0n) is 19.2. The van der Waals surface area contributed by atoms with Gasteiger partial charge in [-0.2, -0.15) is 0 Å². The minimum Gasteiger partial charge on any atom is -0.451 e. The highest BCUT2D eigenvalue weighted by Gasteiger charge is 2.35. The molecule has 0 heterocycles. The van der Waals surface area contributed by atoms with E-state index in [4.69, 9.17) is 4.74 Å². The molecule has 0 N–H and O–H groups in total. The van der Waals surface area contributed by atoms with E-state index >= 15 is 0 Å². The molecule has 0 bridgehead atoms. The number of carbonyl (C=O) groups excluding carboxylic acids is 1. The summed E-state index contributed by atoms with van der Waals surface area (Å²) in [5.74, 6) is 10.8. The van der Waals surface area contributed by atoms with Crippen molar-refractivity contribution in [3.05, 3.63) is 35.9 Å². The molecular formula is C24H35BN2O2. The molecule has 0 spiro atoms. The van der Waals surface area contributed by atoms with Crippen LogP contribution in [0.1, 0.15) is 61.0 Å². The smallest absolute Gasteiger partial charge is 0.401 e. The van der Waals surface area contributed by atoms with Gasteiger partial charge < -0.3 is 14.4 Å². The van der Waals surface area contributed by atoms with Crippen molar-refractivity contribution in [1.29, 1.82) is 0 Å². The zero-order valence-corrected chi connectivity index (χ0v) is 19.2. The summed E-state index contributed by atoms with van der Waals surface area (Å²) in [5.41, 5.74) is 0.933. The Labute approximate surface area is 178 Å². The van der Waals surface area contributed by atoms with Crippen molar-refractivity contribution in [2.24, 2.45) is 0 Å². The van der Waals surface area contributed by atoms with Crippen molar-refractivity contribution in [2.75, 3.05) is 0 Å². The van der Waals surface area contributed by atoms with Gasteiger partial charge in [-0.25, -0.2) is 4.79 Å². The van der Waals surface area contributed by atoms with E-state index in [2.05, 4.69) is 88.6 Å². The Balaban J connectivity index is 2.96. The van der Waals surface area contributed by atoms with E-state index < -0.39 is 5.97 Å². The highest BCUT2D eigenvalue weighted by Crippen LogP contribution is 2.16. The van der Waals surface area contributed by atoms with Crippen LogP contribution in [0.5, 0.6) is 0 Å². The van der Waals surface area contributed by atoms with Gasteiger partial charge >= 0.3 is 13.0 Å². The molecule has 29 heavy (non-hydrogen) atoms. The minimum absolute atomic E-state index is 0.0790. The lowest BCUT2D eigenvalue weighted by atomic mass is 9.68. The first-order chi connectivity index (χ1) is 13.6. The van der Waals surface area contributed by atoms with Crippen LogP contribution >= 0.6 is 0 Å². The number of nitrogens with zero attached hydrogens (tertiary/aromatic N) is 2. The first-order valence-electron chi connectivity index (χ1n) is 10.4. The fourth-order valence-corrected chi connectivity index (χ4v) is 3.57. The monoisotopic (exact) mass is 394 g/mol. The minimum atomic E-state index is -0.561. The molecule has 1 aromatic carbocycles. The summed E-state index contributed by atoms with van der Waals surface area (Å²) in [5, 5.41) is 0. The lowest BCUT2D eigenvalue weighted by Crippen LogP contribution is -2.61. The number of carbonyl (C=O) groups is 1. The molecule has 4 nitrogen and oxygen atoms in total. The summed E-state index contributed by atoms with van der Waals surface area (Å²) < 4.78 is 5.18. The van der Waals surface area contributed by atoms with Gasteiger partial charge in [0.05, 0.1) is 0 Å². The normalized spacial score (nSPS) is 11.0. The van der Waals surface area contributed by atoms with Crippen molar-refractivity contribution < 1.29 is 9.53 Å². The van der Waals surface area contributed by atoms with Crippen LogP contribution in [0.15, 0.2) is 30.3 Å². The average molecular weight is 394 g/mol. The van der Waals surface area contributed by atoms with Crippen molar-refractivity contribution in [2.45, 2.75) is 86.2 Å². The van der Waals surface area contributed by atoms with Gasteiger partial charge in [0.15, 0.2) is 0 Å². The second kappa shape index (κ2) is 12.4. The quantitative estimate of drug-likeness (QED) is 0.289. The fourth-order valence-electron chi connectivity index (χ4n) is 3.57. The third-order valence-electron chi connectivity index (χ3n) is 4.59. The van der Waals surface area contributed by atoms with E-state index in [0.717, 1.165) is 5.56 Å². The van der Waals surface area contributed by atoms with Gasteiger partial charge in [0.2, 0.25) is 0 Å². The predicted molar refractivity (Wildman–Crippen MR) is 122 cm³/mol. The van der Waals surface area contributed by atoms with E-state index in [1.807, 2.05) is 30.3 Å². The third kappa shape index (κ3) is 8.36. The van der Waals surface area contributed by atoms with Gasteiger partial charge in [-0.3, -0.25) is 0 Å². The zero-order chi connectivity index (χ0) is 22.0. The summed E-state index contributed by atoms with van der Waals surface area (Å²) in [7, 11) is 0. The van der Waals surface area contributed by atoms with Gasteiger partial charge in [0.1, 0.15) is 6.61 Å². The largest absolute Gasteiger partial charge is 0.451 e. The van der Waals surface area contributed by atoms with Gasteiger partial charge in [-0.15, -0.1) is 0 Å². The van der Waals surface area contributed by atoms with E-state index in [9.17, 15) is 4.79 Å². The molecule has 1 rings (SSSR count). The van der Waals surface area contributed by atoms with Gasteiger partial charge in [-0.1, -0.05) is 91.5 Å². The Hall–Kier alpha value is -2.21. The maximum absolute atomic E-state index is 11.9. The molecule has 0 amide bonds. The lowest BCUT2D eigenvalue weighted by molar-refractivity contribution is -0.137. The number of ether oxygens (including phenoxy) is 1. The first-order valence-corrected chi connectivity index (χ1v) is 10.4. The van der Waals surface area contributed by atoms with Crippen LogP contribution in [-0.4, -0.2) is 46.7 Å². The van der Waals surface area contributed by atoms with Gasteiger partial charge in [-0.05, 0) is 41.6 Å². The van der Waals surface area contributed by atoms with Crippen LogP contribution in [0.2, 0.25) is 0 Å². The first kappa shape index (κ1) is 24.8. The number of benzene rings is 1. The molecule has 0 aliphatic carbocycles. The molecule has 0 aromatic heterocycles. The van der Waals surface area contributed by atoms with Crippen LogP contribution in [0.3, 0.4) is 0 Å². The van der Waals surface area contributed by atoms with Crippen LogP contribution in [0.4, 0.5) is 0 Å². The summed E-state index contributed by atoms with van der Waals surface area (Å²) in [4.78, 5) is 16.6. The van der Waals surface area contributed by atoms with Crippen LogP contribution < -0.4 is 0 Å². The molecule has 1 aromatic rings. The summed E-state index contributed by atoms with van der Waals surface area (Å²) in [6.07, 6.45) is 0. The summed E-state index contributed by atoms with van der Waals surface area (Å²) in [6.45, 7) is 17.6. The SMILES string of the molecule is CC(C)N(B(C#CC#CC(=O)OCc1ccccc1)N(C(C)C)C(C)C)C(C)C. The Bertz CT molecular complexity index is 716. The molecule has 0 radical (unpaired) electrons. The van der Waals surface area contributed by atoms with Crippen LogP contribution in [0, 0.1) is 23.6 Å². The molecule has 0 aliphatic rings. The van der Waals surface area contributed by atoms with Crippen molar-refractivity contribution in [3.63, 3.8) is 0 Å². The number of hydrogen-bond acceptors (Lipinski definition) is 4. The van der Waals surface area contributed by atoms with Crippen molar-refractivity contribution in [3.8, 4) is 23.6 Å². The van der Waals surface area contributed by atoms with E-state index in [1.165, 1.54) is 0 Å². The van der Waals surface area contributed by atoms with E-state index in [1.54, 1.807) is 0 Å². The molecule has 0 unspecified atom stereocenters. The van der Waals surface area contributed by atoms with Crippen LogP contribution in [0.25, 0.3) is 0 Å².